The molecule has 1 aromatic carbocycles. The Kier molecular flexibility index (Phi) is 8.50. The average molecular weight is 549 g/mol. The van der Waals surface area contributed by atoms with Crippen molar-refractivity contribution in [2.75, 3.05) is 6.61 Å². The molecule has 202 valence electrons. The van der Waals surface area contributed by atoms with Crippen LogP contribution < -0.4 is 10.4 Å². The van der Waals surface area contributed by atoms with Gasteiger partial charge in [0.25, 0.3) is 0 Å². The van der Waals surface area contributed by atoms with Gasteiger partial charge in [-0.15, -0.1) is 0 Å². The van der Waals surface area contributed by atoms with Gasteiger partial charge in [-0.2, -0.15) is 18.2 Å². The van der Waals surface area contributed by atoms with Crippen molar-refractivity contribution in [3.63, 3.8) is 0 Å². The second kappa shape index (κ2) is 11.6. The molecule has 1 aliphatic carbocycles. The molecule has 7 nitrogen and oxygen atoms in total. The van der Waals surface area contributed by atoms with Crippen LogP contribution in [-0.2, 0) is 11.2 Å². The number of aromatic amines is 1. The van der Waals surface area contributed by atoms with Crippen LogP contribution >= 0.6 is 11.6 Å². The van der Waals surface area contributed by atoms with Crippen molar-refractivity contribution in [2.45, 2.75) is 64.5 Å². The van der Waals surface area contributed by atoms with E-state index in [0.29, 0.717) is 48.4 Å². The number of ether oxygens (including phenoxy) is 1. The summed E-state index contributed by atoms with van der Waals surface area (Å²) in [6.07, 6.45) is -1.21. The van der Waals surface area contributed by atoms with Gasteiger partial charge in [-0.3, -0.25) is 9.78 Å². The van der Waals surface area contributed by atoms with E-state index >= 15 is 0 Å². The molecule has 4 rings (SSSR count). The van der Waals surface area contributed by atoms with Crippen LogP contribution in [0.5, 0.6) is 5.88 Å². The third-order valence-electron chi connectivity index (χ3n) is 6.81. The Morgan fingerprint density at radius 3 is 2.55 bits per heavy atom. The number of nitrogens with one attached hydrogen (secondary N) is 1. The number of benzene rings is 1. The van der Waals surface area contributed by atoms with Gasteiger partial charge in [0, 0.05) is 29.8 Å². The molecule has 0 unspecified atom stereocenters. The Labute approximate surface area is 222 Å². The number of pyridine rings is 1. The second-order valence-electron chi connectivity index (χ2n) is 9.44. The summed E-state index contributed by atoms with van der Waals surface area (Å²) in [5.41, 5.74) is -1.46. The Balaban J connectivity index is 1.56. The second-order valence-corrected chi connectivity index (χ2v) is 9.84. The first-order valence-electron chi connectivity index (χ1n) is 12.6. The van der Waals surface area contributed by atoms with E-state index in [1.807, 2.05) is 6.92 Å². The molecule has 0 saturated heterocycles. The van der Waals surface area contributed by atoms with Gasteiger partial charge < -0.3 is 4.74 Å². The fraction of sp³-hybridized carbons (Fsp3) is 0.444. The van der Waals surface area contributed by atoms with Crippen molar-refractivity contribution >= 4 is 17.4 Å². The number of carbonyl (C=O) groups excluding carboxylic acids is 1. The number of halogens is 4. The summed E-state index contributed by atoms with van der Waals surface area (Å²) in [7, 11) is 0. The van der Waals surface area contributed by atoms with Gasteiger partial charge >= 0.3 is 11.9 Å². The number of aryl methyl sites for hydroxylation is 1. The van der Waals surface area contributed by atoms with Crippen LogP contribution in [0.2, 0.25) is 5.02 Å². The number of nitrogens with zero attached hydrogens (tertiary/aromatic N) is 3. The smallest absolute Gasteiger partial charge is 0.401 e. The first-order chi connectivity index (χ1) is 18.1. The lowest BCUT2D eigenvalue weighted by molar-refractivity contribution is -0.228. The molecule has 3 aromatic rings. The highest BCUT2D eigenvalue weighted by atomic mass is 35.5. The molecule has 0 spiro atoms. The highest BCUT2D eigenvalue weighted by Gasteiger charge is 2.58. The zero-order valence-corrected chi connectivity index (χ0v) is 21.7. The van der Waals surface area contributed by atoms with E-state index in [2.05, 4.69) is 19.9 Å². The molecular formula is C27H28ClF3N4O3. The van der Waals surface area contributed by atoms with Gasteiger partial charge in [-0.1, -0.05) is 43.9 Å². The molecule has 0 radical (unpaired) electrons. The van der Waals surface area contributed by atoms with Gasteiger partial charge in [0.05, 0.1) is 11.6 Å². The zero-order chi connectivity index (χ0) is 27.3. The minimum absolute atomic E-state index is 0.103. The quantitative estimate of drug-likeness (QED) is 0.334. The normalized spacial score (nSPS) is 15.3. The molecule has 1 N–H and O–H groups in total. The lowest BCUT2D eigenvalue weighted by Crippen LogP contribution is -2.46. The van der Waals surface area contributed by atoms with E-state index in [4.69, 9.17) is 16.3 Å². The summed E-state index contributed by atoms with van der Waals surface area (Å²) in [4.78, 5) is 40.3. The summed E-state index contributed by atoms with van der Waals surface area (Å²) >= 11 is 6.39. The minimum atomic E-state index is -4.57. The van der Waals surface area contributed by atoms with E-state index < -0.39 is 23.1 Å². The number of carbonyl (C=O) groups is 1. The molecule has 11 heteroatoms. The largest absolute Gasteiger partial charge is 0.478 e. The van der Waals surface area contributed by atoms with Gasteiger partial charge in [-0.05, 0) is 49.4 Å². The number of ketones is 1. The molecule has 2 aromatic heterocycles. The van der Waals surface area contributed by atoms with Gasteiger partial charge in [0.1, 0.15) is 17.0 Å². The van der Waals surface area contributed by atoms with E-state index in [1.54, 1.807) is 30.3 Å². The third-order valence-corrected chi connectivity index (χ3v) is 7.14. The van der Waals surface area contributed by atoms with Crippen molar-refractivity contribution in [1.29, 1.82) is 0 Å². The Bertz CT molecular complexity index is 1340. The lowest BCUT2D eigenvalue weighted by atomic mass is 9.69. The van der Waals surface area contributed by atoms with E-state index in [-0.39, 0.29) is 42.4 Å². The van der Waals surface area contributed by atoms with E-state index in [0.717, 1.165) is 6.42 Å². The van der Waals surface area contributed by atoms with Crippen molar-refractivity contribution < 1.29 is 22.7 Å². The zero-order valence-electron chi connectivity index (χ0n) is 20.9. The van der Waals surface area contributed by atoms with Crippen LogP contribution in [0.1, 0.15) is 57.4 Å². The Morgan fingerprint density at radius 2 is 1.89 bits per heavy atom. The molecule has 2 heterocycles. The molecule has 0 atom stereocenters. The first-order valence-corrected chi connectivity index (χ1v) is 13.0. The number of aromatic nitrogens is 4. The number of hydrogen-bond donors (Lipinski definition) is 1. The summed E-state index contributed by atoms with van der Waals surface area (Å²) in [5, 5.41) is 0.279. The van der Waals surface area contributed by atoms with Crippen LogP contribution in [0.25, 0.3) is 22.8 Å². The van der Waals surface area contributed by atoms with Crippen molar-refractivity contribution in [2.24, 2.45) is 5.41 Å². The van der Waals surface area contributed by atoms with Crippen LogP contribution in [0.15, 0.2) is 41.3 Å². The fourth-order valence-electron chi connectivity index (χ4n) is 4.73. The topological polar surface area (TPSA) is 97.8 Å². The van der Waals surface area contributed by atoms with Gasteiger partial charge in [0.2, 0.25) is 5.88 Å². The molecule has 1 aliphatic rings. The van der Waals surface area contributed by atoms with Crippen molar-refractivity contribution in [3.05, 3.63) is 57.6 Å². The molecule has 1 saturated carbocycles. The van der Waals surface area contributed by atoms with Crippen LogP contribution in [0.4, 0.5) is 13.2 Å². The van der Waals surface area contributed by atoms with E-state index in [1.165, 1.54) is 6.20 Å². The van der Waals surface area contributed by atoms with Crippen LogP contribution in [-0.4, -0.2) is 38.5 Å². The molecule has 0 amide bonds. The monoisotopic (exact) mass is 548 g/mol. The van der Waals surface area contributed by atoms with Crippen LogP contribution in [0, 0.1) is 5.41 Å². The Hall–Kier alpha value is -3.27. The predicted molar refractivity (Wildman–Crippen MR) is 137 cm³/mol. The molecule has 0 aliphatic heterocycles. The average Bonchev–Trinajstić information content (AvgIpc) is 2.91. The lowest BCUT2D eigenvalue weighted by Gasteiger charge is -2.37. The maximum Gasteiger partial charge on any atom is 0.401 e. The van der Waals surface area contributed by atoms with Crippen LogP contribution in [0.3, 0.4) is 0 Å². The Morgan fingerprint density at radius 1 is 1.13 bits per heavy atom. The number of Topliss-reactive ketones (excluding diaryl/α,β-unsaturated/α-hetero) is 1. The maximum absolute atomic E-state index is 13.9. The number of rotatable bonds is 9. The molecule has 38 heavy (non-hydrogen) atoms. The summed E-state index contributed by atoms with van der Waals surface area (Å²) in [6, 6.07) is 8.18. The summed E-state index contributed by atoms with van der Waals surface area (Å²) in [5.74, 6) is -0.0767. The highest BCUT2D eigenvalue weighted by Crippen LogP contribution is 2.50. The number of alkyl halides is 3. The van der Waals surface area contributed by atoms with Crippen molar-refractivity contribution in [1.82, 2.24) is 19.9 Å². The minimum Gasteiger partial charge on any atom is -0.478 e. The SMILES string of the molecule is CCCOc1ccc(-c2nc(-c3cc(CCC(=O)C4(C(F)(F)F)CCCCC4)ccc3Cl)[nH]c(=O)n2)cn1. The summed E-state index contributed by atoms with van der Waals surface area (Å²) < 4.78 is 47.2. The number of hydrogen-bond acceptors (Lipinski definition) is 6. The number of H-pyrrole nitrogens is 1. The molecule has 0 bridgehead atoms. The van der Waals surface area contributed by atoms with E-state index in [9.17, 15) is 22.8 Å². The standard InChI is InChI=1S/C27H28ClF3N4O3/c1-2-14-38-22-11-8-18(16-32-22)23-33-24(35-25(37)34-23)19-15-17(6-9-20(19)28)7-10-21(36)26(27(29,30)31)12-4-3-5-13-26/h6,8-9,11,15-16H,2-5,7,10,12-14H2,1H3,(H,33,34,35,37). The summed E-state index contributed by atoms with van der Waals surface area (Å²) in [6.45, 7) is 2.50. The predicted octanol–water partition coefficient (Wildman–Crippen LogP) is 6.35. The molecular weight excluding hydrogens is 521 g/mol. The molecule has 1 fully saturated rings. The van der Waals surface area contributed by atoms with Gasteiger partial charge in [-0.25, -0.2) is 14.8 Å². The van der Waals surface area contributed by atoms with Gasteiger partial charge in [0.15, 0.2) is 5.82 Å². The van der Waals surface area contributed by atoms with Crippen molar-refractivity contribution in [3.8, 4) is 28.7 Å². The fourth-order valence-corrected chi connectivity index (χ4v) is 4.93. The maximum atomic E-state index is 13.9. The third kappa shape index (κ3) is 6.06. The first kappa shape index (κ1) is 27.8. The highest BCUT2D eigenvalue weighted by molar-refractivity contribution is 6.33.